The number of urea groups is 1. The monoisotopic (exact) mass is 469 g/mol. The van der Waals surface area contributed by atoms with Gasteiger partial charge in [0.2, 0.25) is 5.91 Å². The highest BCUT2D eigenvalue weighted by molar-refractivity contribution is 6.09. The van der Waals surface area contributed by atoms with Crippen LogP contribution in [0, 0.1) is 12.8 Å². The Bertz CT molecular complexity index is 888. The number of anilines is 1. The number of rotatable bonds is 8. The maximum atomic E-state index is 13.0. The van der Waals surface area contributed by atoms with Gasteiger partial charge in [-0.1, -0.05) is 25.5 Å². The highest BCUT2D eigenvalue weighted by Crippen LogP contribution is 2.37. The minimum absolute atomic E-state index is 0.196. The van der Waals surface area contributed by atoms with Gasteiger partial charge in [-0.3, -0.25) is 19.4 Å². The second-order valence-electron chi connectivity index (χ2n) is 10.1. The lowest BCUT2D eigenvalue weighted by Gasteiger charge is -2.36. The summed E-state index contributed by atoms with van der Waals surface area (Å²) in [4.78, 5) is 43.8. The molecule has 3 aliphatic rings. The maximum absolute atomic E-state index is 13.0. The molecule has 2 aliphatic heterocycles. The minimum Gasteiger partial charge on any atom is -0.369 e. The Morgan fingerprint density at radius 3 is 2.56 bits per heavy atom. The van der Waals surface area contributed by atoms with Crippen LogP contribution in [-0.2, 0) is 9.59 Å². The topological polar surface area (TPSA) is 85.0 Å². The number of aryl methyl sites for hydroxylation is 1. The Labute approximate surface area is 203 Å². The predicted molar refractivity (Wildman–Crippen MR) is 133 cm³/mol. The molecule has 1 aromatic rings. The van der Waals surface area contributed by atoms with E-state index < -0.39 is 11.6 Å². The lowest BCUT2D eigenvalue weighted by molar-refractivity contribution is -0.136. The molecule has 1 saturated carbocycles. The van der Waals surface area contributed by atoms with Gasteiger partial charge in [-0.15, -0.1) is 0 Å². The summed E-state index contributed by atoms with van der Waals surface area (Å²) in [7, 11) is 0. The molecule has 1 aromatic carbocycles. The van der Waals surface area contributed by atoms with Crippen molar-refractivity contribution in [1.82, 2.24) is 20.4 Å². The van der Waals surface area contributed by atoms with Crippen LogP contribution in [0.25, 0.3) is 0 Å². The Balaban J connectivity index is 1.14. The summed E-state index contributed by atoms with van der Waals surface area (Å²) in [6, 6.07) is 8.20. The van der Waals surface area contributed by atoms with Crippen LogP contribution < -0.4 is 15.5 Å². The Morgan fingerprint density at radius 1 is 1.15 bits per heavy atom. The van der Waals surface area contributed by atoms with E-state index in [0.29, 0.717) is 25.3 Å². The zero-order valence-corrected chi connectivity index (χ0v) is 20.6. The maximum Gasteiger partial charge on any atom is 0.325 e. The number of hydrogen-bond donors (Lipinski definition) is 2. The standard InChI is InChI=1S/C26H39N5O3/c1-3-21-8-10-26(11-9-21)24(33)31(25(34)28-26)19-23(32)27-12-5-13-29-14-16-30(17-15-29)22-7-4-6-20(2)18-22/h4,6-7,18,21H,3,5,8-17,19H2,1-2H3,(H,27,32)(H,28,34). The first-order valence-corrected chi connectivity index (χ1v) is 12.8. The van der Waals surface area contributed by atoms with E-state index in [1.54, 1.807) is 0 Å². The molecule has 0 bridgehead atoms. The van der Waals surface area contributed by atoms with Crippen LogP contribution in [0.15, 0.2) is 24.3 Å². The molecule has 0 unspecified atom stereocenters. The zero-order valence-electron chi connectivity index (χ0n) is 20.6. The zero-order chi connectivity index (χ0) is 24.1. The quantitative estimate of drug-likeness (QED) is 0.451. The Kier molecular flexibility index (Phi) is 7.76. The molecule has 1 spiro atoms. The van der Waals surface area contributed by atoms with Crippen molar-refractivity contribution in [3.8, 4) is 0 Å². The summed E-state index contributed by atoms with van der Waals surface area (Å²) >= 11 is 0. The molecule has 3 fully saturated rings. The smallest absolute Gasteiger partial charge is 0.325 e. The van der Waals surface area contributed by atoms with Crippen LogP contribution in [0.3, 0.4) is 0 Å². The number of carbonyl (C=O) groups is 3. The van der Waals surface area contributed by atoms with Crippen LogP contribution in [0.1, 0.15) is 51.0 Å². The van der Waals surface area contributed by atoms with Gasteiger partial charge in [0.05, 0.1) is 0 Å². The summed E-state index contributed by atoms with van der Waals surface area (Å²) in [5.41, 5.74) is 1.78. The van der Waals surface area contributed by atoms with Gasteiger partial charge in [-0.05, 0) is 69.2 Å². The van der Waals surface area contributed by atoms with Crippen molar-refractivity contribution in [3.05, 3.63) is 29.8 Å². The second kappa shape index (κ2) is 10.8. The predicted octanol–water partition coefficient (Wildman–Crippen LogP) is 2.51. The highest BCUT2D eigenvalue weighted by Gasteiger charge is 2.52. The van der Waals surface area contributed by atoms with Crippen LogP contribution in [0.5, 0.6) is 0 Å². The SMILES string of the molecule is CCC1CCC2(CC1)NC(=O)N(CC(=O)NCCCN1CCN(c3cccc(C)c3)CC1)C2=O. The van der Waals surface area contributed by atoms with Gasteiger partial charge in [0, 0.05) is 38.4 Å². The lowest BCUT2D eigenvalue weighted by Crippen LogP contribution is -2.50. The largest absolute Gasteiger partial charge is 0.369 e. The van der Waals surface area contributed by atoms with Crippen molar-refractivity contribution in [1.29, 1.82) is 0 Å². The molecule has 186 valence electrons. The molecule has 4 amide bonds. The van der Waals surface area contributed by atoms with Gasteiger partial charge in [0.25, 0.3) is 5.91 Å². The third-order valence-electron chi connectivity index (χ3n) is 7.80. The fourth-order valence-electron chi connectivity index (χ4n) is 5.52. The van der Waals surface area contributed by atoms with Crippen molar-refractivity contribution < 1.29 is 14.4 Å². The average Bonchev–Trinajstić information content (AvgIpc) is 3.06. The molecular weight excluding hydrogens is 430 g/mol. The first kappa shape index (κ1) is 24.5. The number of nitrogens with one attached hydrogen (secondary N) is 2. The van der Waals surface area contributed by atoms with E-state index in [4.69, 9.17) is 0 Å². The average molecular weight is 470 g/mol. The summed E-state index contributed by atoms with van der Waals surface area (Å²) in [6.45, 7) is 9.58. The number of nitrogens with zero attached hydrogens (tertiary/aromatic N) is 3. The van der Waals surface area contributed by atoms with Crippen molar-refractivity contribution in [2.24, 2.45) is 5.92 Å². The fraction of sp³-hybridized carbons (Fsp3) is 0.654. The van der Waals surface area contributed by atoms with Crippen LogP contribution >= 0.6 is 0 Å². The van der Waals surface area contributed by atoms with Crippen LogP contribution in [-0.4, -0.2) is 79.0 Å². The summed E-state index contributed by atoms with van der Waals surface area (Å²) < 4.78 is 0. The molecule has 2 heterocycles. The molecule has 2 N–H and O–H groups in total. The van der Waals surface area contributed by atoms with Gasteiger partial charge >= 0.3 is 6.03 Å². The number of hydrogen-bond acceptors (Lipinski definition) is 5. The fourth-order valence-corrected chi connectivity index (χ4v) is 5.52. The molecule has 8 heteroatoms. The van der Waals surface area contributed by atoms with Gasteiger partial charge in [-0.25, -0.2) is 4.79 Å². The summed E-state index contributed by atoms with van der Waals surface area (Å²) in [5, 5.41) is 5.78. The first-order chi connectivity index (χ1) is 16.4. The van der Waals surface area contributed by atoms with E-state index in [0.717, 1.165) is 63.3 Å². The van der Waals surface area contributed by atoms with E-state index in [1.165, 1.54) is 11.3 Å². The van der Waals surface area contributed by atoms with Gasteiger partial charge in [0.1, 0.15) is 12.1 Å². The van der Waals surface area contributed by atoms with E-state index in [2.05, 4.69) is 58.5 Å². The van der Waals surface area contributed by atoms with Crippen molar-refractivity contribution in [2.45, 2.75) is 57.9 Å². The highest BCUT2D eigenvalue weighted by atomic mass is 16.2. The number of amides is 4. The molecule has 8 nitrogen and oxygen atoms in total. The third-order valence-corrected chi connectivity index (χ3v) is 7.80. The second-order valence-corrected chi connectivity index (χ2v) is 10.1. The summed E-state index contributed by atoms with van der Waals surface area (Å²) in [5.74, 6) is 0.124. The van der Waals surface area contributed by atoms with E-state index in [1.807, 2.05) is 0 Å². The number of carbonyl (C=O) groups excluding carboxylic acids is 3. The molecular formula is C26H39N5O3. The number of imide groups is 1. The Hall–Kier alpha value is -2.61. The molecule has 2 saturated heterocycles. The molecule has 0 aromatic heterocycles. The minimum atomic E-state index is -0.788. The van der Waals surface area contributed by atoms with E-state index >= 15 is 0 Å². The molecule has 4 rings (SSSR count). The van der Waals surface area contributed by atoms with Crippen LogP contribution in [0.2, 0.25) is 0 Å². The molecule has 1 aliphatic carbocycles. The number of piperazine rings is 1. The molecule has 34 heavy (non-hydrogen) atoms. The molecule has 0 atom stereocenters. The summed E-state index contributed by atoms with van der Waals surface area (Å²) in [6.07, 6.45) is 5.19. The van der Waals surface area contributed by atoms with Gasteiger partial charge in [-0.2, -0.15) is 0 Å². The lowest BCUT2D eigenvalue weighted by atomic mass is 9.75. The van der Waals surface area contributed by atoms with E-state index in [9.17, 15) is 14.4 Å². The van der Waals surface area contributed by atoms with Crippen molar-refractivity contribution in [2.75, 3.05) is 50.7 Å². The van der Waals surface area contributed by atoms with Crippen molar-refractivity contribution >= 4 is 23.5 Å². The normalized spacial score (nSPS) is 25.6. The van der Waals surface area contributed by atoms with Crippen molar-refractivity contribution in [3.63, 3.8) is 0 Å². The first-order valence-electron chi connectivity index (χ1n) is 12.8. The van der Waals surface area contributed by atoms with Crippen LogP contribution in [0.4, 0.5) is 10.5 Å². The van der Waals surface area contributed by atoms with Gasteiger partial charge in [0.15, 0.2) is 0 Å². The molecule has 0 radical (unpaired) electrons. The van der Waals surface area contributed by atoms with Gasteiger partial charge < -0.3 is 15.5 Å². The third kappa shape index (κ3) is 5.54. The Morgan fingerprint density at radius 2 is 1.88 bits per heavy atom. The van der Waals surface area contributed by atoms with E-state index in [-0.39, 0.29) is 18.4 Å². The number of benzene rings is 1.